The Bertz CT molecular complexity index is 3040. The van der Waals surface area contributed by atoms with Crippen LogP contribution in [0.4, 0.5) is 17.1 Å². The molecule has 0 unspecified atom stereocenters. The molecule has 0 bridgehead atoms. The zero-order valence-electron chi connectivity index (χ0n) is 27.2. The molecule has 52 heavy (non-hydrogen) atoms. The van der Waals surface area contributed by atoms with E-state index in [1.807, 2.05) is 72.8 Å². The first-order valence-electron chi connectivity index (χ1n) is 17.0. The van der Waals surface area contributed by atoms with Crippen LogP contribution in [0, 0.1) is 0 Å². The third kappa shape index (κ3) is 4.03. The molecule has 12 rings (SSSR count). The molecule has 0 aliphatic carbocycles. The maximum Gasteiger partial charge on any atom is 0.227 e. The second-order valence-corrected chi connectivity index (χ2v) is 14.1. The Morgan fingerprint density at radius 3 is 1.94 bits per heavy atom. The highest BCUT2D eigenvalue weighted by atomic mass is 32.2. The fourth-order valence-corrected chi connectivity index (χ4v) is 8.64. The fraction of sp³-hybridized carbons (Fsp3) is 0. The Morgan fingerprint density at radius 1 is 0.481 bits per heavy atom. The lowest BCUT2D eigenvalue weighted by Crippen LogP contribution is -2.20. The SMILES string of the molecule is c1ccc(-c2ccc3c(c2)oc2c4c(ccc23)N2c3ccc(-c5nc6ccccc6o5)cc3Sc3cc(-c5nc6ccccc6o5)cc(c32)O4)cc1. The van der Waals surface area contributed by atoms with Crippen LogP contribution in [0.25, 0.3) is 78.2 Å². The lowest BCUT2D eigenvalue weighted by Gasteiger charge is -2.38. The van der Waals surface area contributed by atoms with Crippen LogP contribution in [0.3, 0.4) is 0 Å². The first kappa shape index (κ1) is 28.0. The van der Waals surface area contributed by atoms with Crippen LogP contribution in [0.2, 0.25) is 0 Å². The number of anilines is 3. The van der Waals surface area contributed by atoms with E-state index in [4.69, 9.17) is 28.0 Å². The van der Waals surface area contributed by atoms with Crippen LogP contribution in [0.1, 0.15) is 0 Å². The van der Waals surface area contributed by atoms with Crippen molar-refractivity contribution in [3.63, 3.8) is 0 Å². The zero-order chi connectivity index (χ0) is 33.9. The lowest BCUT2D eigenvalue weighted by molar-refractivity contribution is 0.469. The standard InChI is InChI=1S/C44H23N3O4S/c1-2-8-24(9-3-1)25-14-16-28-29-17-19-33-42(41(29)48-36(28)20-25)49-37-21-27(44-46-31-11-5-7-13-35(31)51-44)23-39-40(37)47(33)32-18-15-26(22-38(32)52-39)43-45-30-10-4-6-12-34(30)50-43/h1-23H. The molecule has 0 fully saturated rings. The second kappa shape index (κ2) is 10.4. The van der Waals surface area contributed by atoms with Crippen LogP contribution in [0.5, 0.6) is 11.5 Å². The largest absolute Gasteiger partial charge is 0.452 e. The number of nitrogens with zero attached hydrogens (tertiary/aromatic N) is 3. The van der Waals surface area contributed by atoms with Gasteiger partial charge in [-0.2, -0.15) is 0 Å². The summed E-state index contributed by atoms with van der Waals surface area (Å²) in [5, 5.41) is 2.02. The summed E-state index contributed by atoms with van der Waals surface area (Å²) in [6.45, 7) is 0. The lowest BCUT2D eigenvalue weighted by atomic mass is 10.0. The van der Waals surface area contributed by atoms with E-state index in [2.05, 4.69) is 71.6 Å². The van der Waals surface area contributed by atoms with E-state index in [1.165, 1.54) is 0 Å². The van der Waals surface area contributed by atoms with E-state index >= 15 is 0 Å². The minimum atomic E-state index is 0.531. The Labute approximate surface area is 299 Å². The van der Waals surface area contributed by atoms with Crippen molar-refractivity contribution in [3.8, 4) is 45.5 Å². The molecule has 3 aromatic heterocycles. The van der Waals surface area contributed by atoms with Crippen molar-refractivity contribution in [2.45, 2.75) is 9.79 Å². The molecule has 244 valence electrons. The van der Waals surface area contributed by atoms with Gasteiger partial charge in [-0.05, 0) is 90.0 Å². The van der Waals surface area contributed by atoms with Gasteiger partial charge >= 0.3 is 0 Å². The van der Waals surface area contributed by atoms with Crippen molar-refractivity contribution in [2.24, 2.45) is 0 Å². The zero-order valence-corrected chi connectivity index (χ0v) is 28.0. The number of oxazole rings is 2. The van der Waals surface area contributed by atoms with Crippen molar-refractivity contribution in [1.82, 2.24) is 9.97 Å². The van der Waals surface area contributed by atoms with E-state index in [1.54, 1.807) is 11.8 Å². The van der Waals surface area contributed by atoms with Crippen molar-refractivity contribution in [1.29, 1.82) is 0 Å². The number of rotatable bonds is 3. The number of ether oxygens (including phenoxy) is 1. The molecule has 7 nitrogen and oxygen atoms in total. The number of fused-ring (bicyclic) bond motifs is 10. The highest BCUT2D eigenvalue weighted by Crippen LogP contribution is 2.62. The summed E-state index contributed by atoms with van der Waals surface area (Å²) in [5.74, 6) is 2.46. The number of hydrogen-bond acceptors (Lipinski definition) is 8. The minimum absolute atomic E-state index is 0.531. The first-order valence-corrected chi connectivity index (χ1v) is 17.8. The predicted octanol–water partition coefficient (Wildman–Crippen LogP) is 12.9. The van der Waals surface area contributed by atoms with Gasteiger partial charge in [0.2, 0.25) is 11.8 Å². The molecule has 0 atom stereocenters. The molecule has 0 radical (unpaired) electrons. The van der Waals surface area contributed by atoms with E-state index < -0.39 is 0 Å². The normalized spacial score (nSPS) is 13.0. The quantitative estimate of drug-likeness (QED) is 0.181. The third-order valence-corrected chi connectivity index (χ3v) is 11.0. The molecule has 0 saturated carbocycles. The molecular weight excluding hydrogens is 667 g/mol. The molecule has 10 aromatic rings. The summed E-state index contributed by atoms with van der Waals surface area (Å²) in [6, 6.07) is 47.2. The molecule has 2 aliphatic rings. The van der Waals surface area contributed by atoms with Gasteiger partial charge in [0, 0.05) is 31.7 Å². The van der Waals surface area contributed by atoms with Gasteiger partial charge in [-0.15, -0.1) is 0 Å². The Morgan fingerprint density at radius 2 is 1.15 bits per heavy atom. The van der Waals surface area contributed by atoms with Gasteiger partial charge in [0.05, 0.1) is 11.4 Å². The summed E-state index contributed by atoms with van der Waals surface area (Å²) in [4.78, 5) is 14.0. The van der Waals surface area contributed by atoms with Gasteiger partial charge in [-0.1, -0.05) is 72.4 Å². The van der Waals surface area contributed by atoms with Gasteiger partial charge in [-0.3, -0.25) is 0 Å². The number of para-hydroxylation sites is 4. The van der Waals surface area contributed by atoms with Crippen LogP contribution in [-0.4, -0.2) is 9.97 Å². The van der Waals surface area contributed by atoms with Crippen molar-refractivity contribution < 1.29 is 18.0 Å². The van der Waals surface area contributed by atoms with E-state index in [-0.39, 0.29) is 0 Å². The topological polar surface area (TPSA) is 77.7 Å². The Hall–Kier alpha value is -6.77. The van der Waals surface area contributed by atoms with Crippen molar-refractivity contribution >= 4 is 73.0 Å². The van der Waals surface area contributed by atoms with Gasteiger partial charge in [-0.25, -0.2) is 9.97 Å². The van der Waals surface area contributed by atoms with E-state index in [9.17, 15) is 0 Å². The monoisotopic (exact) mass is 689 g/mol. The van der Waals surface area contributed by atoms with Crippen molar-refractivity contribution in [2.75, 3.05) is 4.90 Å². The molecule has 0 N–H and O–H groups in total. The van der Waals surface area contributed by atoms with E-state index in [0.717, 1.165) is 87.7 Å². The molecule has 5 heterocycles. The number of aromatic nitrogens is 2. The maximum atomic E-state index is 6.92. The summed E-state index contributed by atoms with van der Waals surface area (Å²) in [6.07, 6.45) is 0. The van der Waals surface area contributed by atoms with Gasteiger partial charge in [0.25, 0.3) is 0 Å². The summed E-state index contributed by atoms with van der Waals surface area (Å²) < 4.78 is 26.1. The Kier molecular flexibility index (Phi) is 5.59. The average Bonchev–Trinajstić information content (AvgIpc) is 3.93. The van der Waals surface area contributed by atoms with E-state index in [0.29, 0.717) is 28.9 Å². The average molecular weight is 690 g/mol. The number of benzene rings is 7. The fourth-order valence-electron chi connectivity index (χ4n) is 7.48. The van der Waals surface area contributed by atoms with Crippen molar-refractivity contribution in [3.05, 3.63) is 140 Å². The molecule has 0 spiro atoms. The number of hydrogen-bond donors (Lipinski definition) is 0. The predicted molar refractivity (Wildman–Crippen MR) is 204 cm³/mol. The second-order valence-electron chi connectivity index (χ2n) is 13.0. The first-order chi connectivity index (χ1) is 25.7. The van der Waals surface area contributed by atoms with Crippen LogP contribution < -0.4 is 9.64 Å². The molecule has 0 saturated heterocycles. The van der Waals surface area contributed by atoms with Crippen LogP contribution >= 0.6 is 11.8 Å². The van der Waals surface area contributed by atoms with Gasteiger partial charge in [0.1, 0.15) is 22.3 Å². The smallest absolute Gasteiger partial charge is 0.227 e. The van der Waals surface area contributed by atoms with Gasteiger partial charge in [0.15, 0.2) is 28.2 Å². The van der Waals surface area contributed by atoms with Crippen LogP contribution in [0.15, 0.2) is 163 Å². The van der Waals surface area contributed by atoms with Gasteiger partial charge < -0.3 is 22.9 Å². The van der Waals surface area contributed by atoms with Crippen LogP contribution in [-0.2, 0) is 0 Å². The highest BCUT2D eigenvalue weighted by molar-refractivity contribution is 7.99. The summed E-state index contributed by atoms with van der Waals surface area (Å²) in [5.41, 5.74) is 11.5. The molecular formula is C44H23N3O4S. The number of furan rings is 1. The molecule has 2 aliphatic heterocycles. The molecule has 8 heteroatoms. The Balaban J connectivity index is 1.07. The third-order valence-electron chi connectivity index (χ3n) is 9.90. The summed E-state index contributed by atoms with van der Waals surface area (Å²) in [7, 11) is 0. The summed E-state index contributed by atoms with van der Waals surface area (Å²) >= 11 is 1.68. The highest BCUT2D eigenvalue weighted by Gasteiger charge is 2.37. The molecule has 7 aromatic carbocycles. The maximum absolute atomic E-state index is 6.92. The minimum Gasteiger partial charge on any atom is -0.452 e. The molecule has 0 amide bonds.